The third-order valence-corrected chi connectivity index (χ3v) is 20.5. The molecule has 72 heavy (non-hydrogen) atoms. The Morgan fingerprint density at radius 1 is 0.639 bits per heavy atom. The third kappa shape index (κ3) is 7.23. The molecular weight excluding hydrogens is 872 g/mol. The van der Waals surface area contributed by atoms with Crippen LogP contribution in [0, 0.1) is 6.92 Å². The van der Waals surface area contributed by atoms with Crippen molar-refractivity contribution >= 4 is 68.4 Å². The zero-order chi connectivity index (χ0) is 50.7. The molecule has 13 rings (SSSR count). The average molecular weight is 957 g/mol. The molecule has 3 heterocycles. The van der Waals surface area contributed by atoms with Gasteiger partial charge in [-0.05, 0) is 219 Å². The Hall–Kier alpha value is -4.70. The van der Waals surface area contributed by atoms with E-state index in [2.05, 4.69) is 180 Å². The fourth-order valence-electron chi connectivity index (χ4n) is 15.5. The molecule has 0 spiro atoms. The number of anilines is 6. The minimum absolute atomic E-state index is 0.0299. The lowest BCUT2D eigenvalue weighted by molar-refractivity contribution is 0.188. The van der Waals surface area contributed by atoms with Crippen LogP contribution in [0.3, 0.4) is 0 Å². The summed E-state index contributed by atoms with van der Waals surface area (Å²) in [4.78, 5) is 5.51. The summed E-state index contributed by atoms with van der Waals surface area (Å²) in [7, 11) is 0. The van der Waals surface area contributed by atoms with Crippen molar-refractivity contribution in [2.45, 2.75) is 232 Å². The number of furan rings is 1. The summed E-state index contributed by atoms with van der Waals surface area (Å²) >= 11 is 0. The summed E-state index contributed by atoms with van der Waals surface area (Å²) in [5.41, 5.74) is 26.7. The summed E-state index contributed by atoms with van der Waals surface area (Å²) in [6.45, 7) is 34.2. The number of rotatable bonds is 8. The lowest BCUT2D eigenvalue weighted by atomic mass is 9.35. The highest BCUT2D eigenvalue weighted by atomic mass is 16.3. The fourth-order valence-corrected chi connectivity index (χ4v) is 15.5. The lowest BCUT2D eigenvalue weighted by Crippen LogP contribution is -2.61. The van der Waals surface area contributed by atoms with E-state index in [1.165, 1.54) is 185 Å². The van der Waals surface area contributed by atoms with E-state index in [0.717, 1.165) is 17.7 Å². The van der Waals surface area contributed by atoms with Crippen molar-refractivity contribution in [3.63, 3.8) is 0 Å². The molecule has 0 amide bonds. The topological polar surface area (TPSA) is 19.6 Å². The Labute approximate surface area is 435 Å². The van der Waals surface area contributed by atoms with Gasteiger partial charge in [0.15, 0.2) is 0 Å². The predicted octanol–water partition coefficient (Wildman–Crippen LogP) is 17.7. The predicted molar refractivity (Wildman–Crippen MR) is 310 cm³/mol. The van der Waals surface area contributed by atoms with Gasteiger partial charge in [-0.15, -0.1) is 0 Å². The van der Waals surface area contributed by atoms with E-state index in [1.807, 2.05) is 0 Å². The molecule has 0 saturated heterocycles. The van der Waals surface area contributed by atoms with Gasteiger partial charge in [0, 0.05) is 33.8 Å². The summed E-state index contributed by atoms with van der Waals surface area (Å²) in [6, 6.07) is 31.0. The third-order valence-electron chi connectivity index (χ3n) is 20.5. The summed E-state index contributed by atoms with van der Waals surface area (Å²) < 4.78 is 7.77. The number of fused-ring (bicyclic) bond motifs is 9. The SMILES string of the molecule is CCCCC(C)(C)c1cc(N2c3cc(C(C)(C)C)ccc3B3c4oc5cc6c(cc5c4N(c4ccc5c(c4)C(C)(C)CCC5(C)C)c4cc(C5CCCCC5)cc2c43)C2(C)CCC6(C)CC2)c(C)cc1CC. The van der Waals surface area contributed by atoms with Gasteiger partial charge >= 0.3 is 0 Å². The maximum absolute atomic E-state index is 7.77. The maximum atomic E-state index is 7.77. The average Bonchev–Trinajstić information content (AvgIpc) is 3.73. The fraction of sp³-hybridized carbons (Fsp3) is 0.529. The molecule has 0 N–H and O–H groups in total. The molecule has 7 aliphatic rings. The smallest absolute Gasteiger partial charge is 0.297 e. The van der Waals surface area contributed by atoms with Crippen LogP contribution in [0.5, 0.6) is 0 Å². The van der Waals surface area contributed by atoms with E-state index in [1.54, 1.807) is 5.56 Å². The van der Waals surface area contributed by atoms with Gasteiger partial charge in [-0.25, -0.2) is 0 Å². The van der Waals surface area contributed by atoms with Crippen molar-refractivity contribution in [3.8, 4) is 0 Å². The molecule has 2 bridgehead atoms. The van der Waals surface area contributed by atoms with Gasteiger partial charge in [-0.3, -0.25) is 0 Å². The molecule has 0 atom stereocenters. The van der Waals surface area contributed by atoms with Crippen LogP contribution in [0.1, 0.15) is 236 Å². The van der Waals surface area contributed by atoms with Crippen LogP contribution >= 0.6 is 0 Å². The van der Waals surface area contributed by atoms with Gasteiger partial charge in [0.1, 0.15) is 5.58 Å². The summed E-state index contributed by atoms with van der Waals surface area (Å²) in [5.74, 6) is 0.519. The molecule has 3 nitrogen and oxygen atoms in total. The van der Waals surface area contributed by atoms with Crippen LogP contribution in [0.25, 0.3) is 11.0 Å². The van der Waals surface area contributed by atoms with E-state index in [9.17, 15) is 0 Å². The highest BCUT2D eigenvalue weighted by Crippen LogP contribution is 2.59. The summed E-state index contributed by atoms with van der Waals surface area (Å²) in [5, 5.41) is 1.29. The van der Waals surface area contributed by atoms with Crippen molar-refractivity contribution < 1.29 is 4.42 Å². The number of hydrogen-bond donors (Lipinski definition) is 0. The first-order valence-corrected chi connectivity index (χ1v) is 28.9. The van der Waals surface area contributed by atoms with Gasteiger partial charge in [0.25, 0.3) is 6.71 Å². The quantitative estimate of drug-likeness (QED) is 0.142. The molecule has 2 saturated carbocycles. The molecule has 1 aromatic heterocycles. The largest absolute Gasteiger partial charge is 0.468 e. The minimum Gasteiger partial charge on any atom is -0.468 e. The van der Waals surface area contributed by atoms with Crippen LogP contribution in [0.15, 0.2) is 77.2 Å². The van der Waals surface area contributed by atoms with Crippen LogP contribution in [-0.2, 0) is 38.9 Å². The molecule has 5 aromatic carbocycles. The second-order valence-electron chi connectivity index (χ2n) is 27.9. The van der Waals surface area contributed by atoms with Crippen LogP contribution in [-0.4, -0.2) is 6.71 Å². The minimum atomic E-state index is -0.0714. The molecule has 2 fully saturated rings. The second kappa shape index (κ2) is 16.4. The standard InChI is InChI=1S/C68H85BN2O/c1-15-17-27-64(7,8)50-40-55(42(3)34-43(50)16-2)71-56-37-46(63(4,5)6)23-26-54(56)69-60-57(35-45(36-58(60)71)44-21-19-18-20-22-44)70(47-24-25-49-51(38-47)66(11,12)29-28-65(49,9)10)61-48-39-52-53(41-59(48)72-62(61)69)68(14)32-30-67(52,13)31-33-68/h23-26,34-41,44H,15-22,27-33H2,1-14H3. The van der Waals surface area contributed by atoms with E-state index in [-0.39, 0.29) is 39.2 Å². The van der Waals surface area contributed by atoms with Crippen LogP contribution in [0.2, 0.25) is 0 Å². The lowest BCUT2D eigenvalue weighted by Gasteiger charge is -2.52. The van der Waals surface area contributed by atoms with Crippen LogP contribution in [0.4, 0.5) is 34.1 Å². The first-order chi connectivity index (χ1) is 34.1. The Morgan fingerprint density at radius 2 is 1.29 bits per heavy atom. The number of nitrogens with zero attached hydrogens (tertiary/aromatic N) is 2. The van der Waals surface area contributed by atoms with E-state index < -0.39 is 0 Å². The molecule has 6 aromatic rings. The number of hydrogen-bond acceptors (Lipinski definition) is 3. The van der Waals surface area contributed by atoms with E-state index in [0.29, 0.717) is 5.92 Å². The van der Waals surface area contributed by atoms with Crippen molar-refractivity contribution in [2.75, 3.05) is 9.80 Å². The van der Waals surface area contributed by atoms with Gasteiger partial charge < -0.3 is 14.2 Å². The zero-order valence-electron chi connectivity index (χ0n) is 47.0. The normalized spacial score (nSPS) is 22.9. The second-order valence-corrected chi connectivity index (χ2v) is 27.9. The molecule has 5 aliphatic carbocycles. The Morgan fingerprint density at radius 3 is 1.94 bits per heavy atom. The summed E-state index contributed by atoms with van der Waals surface area (Å²) in [6.07, 6.45) is 18.5. The van der Waals surface area contributed by atoms with Gasteiger partial charge in [0.05, 0.1) is 11.3 Å². The van der Waals surface area contributed by atoms with Crippen molar-refractivity contribution in [2.24, 2.45) is 0 Å². The molecule has 376 valence electrons. The number of unbranched alkanes of at least 4 members (excludes halogenated alkanes) is 1. The van der Waals surface area contributed by atoms with E-state index >= 15 is 0 Å². The Kier molecular flexibility index (Phi) is 11.0. The highest BCUT2D eigenvalue weighted by molar-refractivity contribution is 7.00. The molecule has 2 aliphatic heterocycles. The highest BCUT2D eigenvalue weighted by Gasteiger charge is 2.51. The van der Waals surface area contributed by atoms with Crippen molar-refractivity contribution in [1.29, 1.82) is 0 Å². The maximum Gasteiger partial charge on any atom is 0.297 e. The van der Waals surface area contributed by atoms with Gasteiger partial charge in [-0.2, -0.15) is 0 Å². The Balaban J connectivity index is 1.21. The number of aryl methyl sites for hydroxylation is 2. The molecule has 4 heteroatoms. The van der Waals surface area contributed by atoms with Gasteiger partial charge in [-0.1, -0.05) is 146 Å². The Bertz CT molecular complexity index is 3170. The van der Waals surface area contributed by atoms with Crippen LogP contribution < -0.4 is 26.4 Å². The number of benzene rings is 5. The molecular formula is C68H85BN2O. The zero-order valence-corrected chi connectivity index (χ0v) is 47.0. The first-order valence-electron chi connectivity index (χ1n) is 28.9. The first kappa shape index (κ1) is 48.3. The molecule has 0 unspecified atom stereocenters. The van der Waals surface area contributed by atoms with Crippen molar-refractivity contribution in [3.05, 3.63) is 123 Å². The molecule has 0 radical (unpaired) electrons. The van der Waals surface area contributed by atoms with E-state index in [4.69, 9.17) is 4.42 Å². The van der Waals surface area contributed by atoms with Gasteiger partial charge in [0.2, 0.25) is 0 Å². The monoisotopic (exact) mass is 957 g/mol. The van der Waals surface area contributed by atoms with Crippen molar-refractivity contribution in [1.82, 2.24) is 0 Å².